The first-order valence-corrected chi connectivity index (χ1v) is 8.30. The van der Waals surface area contributed by atoms with Crippen LogP contribution in [0.2, 0.25) is 0 Å². The van der Waals surface area contributed by atoms with Gasteiger partial charge in [0.05, 0.1) is 0 Å². The Bertz CT molecular complexity index is 997. The van der Waals surface area contributed by atoms with E-state index < -0.39 is 0 Å². The number of hydrogen-bond acceptors (Lipinski definition) is 6. The Labute approximate surface area is 147 Å². The molecule has 0 spiro atoms. The lowest BCUT2D eigenvalue weighted by Crippen LogP contribution is -2.14. The van der Waals surface area contributed by atoms with Crippen LogP contribution in [0.3, 0.4) is 0 Å². The maximum Gasteiger partial charge on any atom is 0.276 e. The number of thiazole rings is 1. The van der Waals surface area contributed by atoms with Crippen molar-refractivity contribution in [3.63, 3.8) is 0 Å². The summed E-state index contributed by atoms with van der Waals surface area (Å²) in [7, 11) is 0. The Balaban J connectivity index is 1.53. The summed E-state index contributed by atoms with van der Waals surface area (Å²) in [6, 6.07) is 11.4. The van der Waals surface area contributed by atoms with Crippen molar-refractivity contribution < 1.29 is 4.79 Å². The maximum atomic E-state index is 12.4. The lowest BCUT2D eigenvalue weighted by molar-refractivity contribution is 0.102. The highest BCUT2D eigenvalue weighted by atomic mass is 32.1. The summed E-state index contributed by atoms with van der Waals surface area (Å²) in [5, 5.41) is 5.28. The molecule has 0 fully saturated rings. The quantitative estimate of drug-likeness (QED) is 0.613. The van der Waals surface area contributed by atoms with Gasteiger partial charge in [0.25, 0.3) is 5.91 Å². The number of carbonyl (C=O) groups excluding carboxylic acids is 1. The normalized spacial score (nSPS) is 10.6. The molecule has 0 aliphatic heterocycles. The molecule has 0 aliphatic carbocycles. The van der Waals surface area contributed by atoms with Gasteiger partial charge in [0.1, 0.15) is 35.0 Å². The van der Waals surface area contributed by atoms with Crippen molar-refractivity contribution in [2.45, 2.75) is 0 Å². The lowest BCUT2D eigenvalue weighted by atomic mass is 10.2. The molecule has 0 atom stereocenters. The SMILES string of the molecule is O=C(Nc1cc(-n2ccnc2)ncn1)c1csc(-c2ccccc2)n1. The minimum absolute atomic E-state index is 0.311. The summed E-state index contributed by atoms with van der Waals surface area (Å²) in [6.07, 6.45) is 6.43. The molecule has 0 unspecified atom stereocenters. The Morgan fingerprint density at radius 1 is 1.16 bits per heavy atom. The number of benzene rings is 1. The van der Waals surface area contributed by atoms with Gasteiger partial charge in [-0.3, -0.25) is 9.36 Å². The number of anilines is 1. The zero-order valence-corrected chi connectivity index (χ0v) is 13.7. The van der Waals surface area contributed by atoms with Crippen LogP contribution >= 0.6 is 11.3 Å². The van der Waals surface area contributed by atoms with Crippen LogP contribution in [-0.2, 0) is 0 Å². The maximum absolute atomic E-state index is 12.4. The number of amides is 1. The summed E-state index contributed by atoms with van der Waals surface area (Å²) in [5.74, 6) is 0.706. The van der Waals surface area contributed by atoms with Gasteiger partial charge in [-0.2, -0.15) is 0 Å². The van der Waals surface area contributed by atoms with Crippen LogP contribution in [0.1, 0.15) is 10.5 Å². The van der Waals surface area contributed by atoms with Crippen LogP contribution in [0.25, 0.3) is 16.4 Å². The highest BCUT2D eigenvalue weighted by Crippen LogP contribution is 2.23. The number of hydrogen-bond donors (Lipinski definition) is 1. The van der Waals surface area contributed by atoms with Gasteiger partial charge in [-0.15, -0.1) is 11.3 Å². The van der Waals surface area contributed by atoms with Gasteiger partial charge in [0, 0.05) is 29.4 Å². The summed E-state index contributed by atoms with van der Waals surface area (Å²) in [4.78, 5) is 29.0. The molecule has 8 heteroatoms. The Morgan fingerprint density at radius 3 is 2.84 bits per heavy atom. The van der Waals surface area contributed by atoms with Gasteiger partial charge >= 0.3 is 0 Å². The largest absolute Gasteiger partial charge is 0.305 e. The first kappa shape index (κ1) is 15.2. The van der Waals surface area contributed by atoms with E-state index in [9.17, 15) is 4.79 Å². The van der Waals surface area contributed by atoms with Crippen LogP contribution in [-0.4, -0.2) is 30.4 Å². The molecule has 1 amide bonds. The minimum Gasteiger partial charge on any atom is -0.305 e. The van der Waals surface area contributed by atoms with E-state index >= 15 is 0 Å². The third-order valence-corrected chi connectivity index (χ3v) is 4.31. The molecule has 0 aliphatic rings. The molecule has 1 N–H and O–H groups in total. The van der Waals surface area contributed by atoms with Gasteiger partial charge in [-0.05, 0) is 0 Å². The van der Waals surface area contributed by atoms with Crippen molar-refractivity contribution in [2.24, 2.45) is 0 Å². The minimum atomic E-state index is -0.311. The summed E-state index contributed by atoms with van der Waals surface area (Å²) in [5.41, 5.74) is 1.34. The highest BCUT2D eigenvalue weighted by Gasteiger charge is 2.13. The van der Waals surface area contributed by atoms with E-state index in [0.717, 1.165) is 10.6 Å². The van der Waals surface area contributed by atoms with Crippen molar-refractivity contribution in [3.05, 3.63) is 72.5 Å². The number of imidazole rings is 1. The summed E-state index contributed by atoms with van der Waals surface area (Å²) >= 11 is 1.43. The van der Waals surface area contributed by atoms with E-state index in [0.29, 0.717) is 17.3 Å². The molecule has 0 saturated carbocycles. The molecule has 122 valence electrons. The number of rotatable bonds is 4. The van der Waals surface area contributed by atoms with Crippen molar-refractivity contribution in [1.82, 2.24) is 24.5 Å². The Hall–Kier alpha value is -3.39. The average molecular weight is 348 g/mol. The third-order valence-electron chi connectivity index (χ3n) is 3.42. The van der Waals surface area contributed by atoms with Crippen LogP contribution in [0.4, 0.5) is 5.82 Å². The molecule has 3 heterocycles. The van der Waals surface area contributed by atoms with E-state index in [1.165, 1.54) is 17.7 Å². The zero-order valence-electron chi connectivity index (χ0n) is 12.9. The first-order chi connectivity index (χ1) is 12.3. The Morgan fingerprint density at radius 2 is 2.04 bits per heavy atom. The number of nitrogens with zero attached hydrogens (tertiary/aromatic N) is 5. The van der Waals surface area contributed by atoms with E-state index in [2.05, 4.69) is 25.3 Å². The fraction of sp³-hybridized carbons (Fsp3) is 0. The monoisotopic (exact) mass is 348 g/mol. The smallest absolute Gasteiger partial charge is 0.276 e. The van der Waals surface area contributed by atoms with Gasteiger partial charge in [0.15, 0.2) is 0 Å². The molecule has 0 saturated heterocycles. The van der Waals surface area contributed by atoms with E-state index in [4.69, 9.17) is 0 Å². The lowest BCUT2D eigenvalue weighted by Gasteiger charge is -2.05. The summed E-state index contributed by atoms with van der Waals surface area (Å²) < 4.78 is 1.73. The topological polar surface area (TPSA) is 85.6 Å². The fourth-order valence-corrected chi connectivity index (χ4v) is 3.03. The zero-order chi connectivity index (χ0) is 17.1. The molecule has 4 aromatic rings. The van der Waals surface area contributed by atoms with Crippen LogP contribution < -0.4 is 5.32 Å². The Kier molecular flexibility index (Phi) is 4.01. The van der Waals surface area contributed by atoms with Gasteiger partial charge in [-0.1, -0.05) is 30.3 Å². The second-order valence-electron chi connectivity index (χ2n) is 5.09. The predicted octanol–water partition coefficient (Wildman–Crippen LogP) is 3.04. The van der Waals surface area contributed by atoms with Crippen LogP contribution in [0.15, 0.2) is 66.8 Å². The number of carbonyl (C=O) groups is 1. The van der Waals surface area contributed by atoms with Gasteiger partial charge in [0.2, 0.25) is 0 Å². The van der Waals surface area contributed by atoms with Gasteiger partial charge in [-0.25, -0.2) is 19.9 Å². The second kappa shape index (κ2) is 6.62. The third kappa shape index (κ3) is 3.29. The van der Waals surface area contributed by atoms with Crippen LogP contribution in [0, 0.1) is 0 Å². The van der Waals surface area contributed by atoms with Crippen molar-refractivity contribution in [3.8, 4) is 16.4 Å². The molecule has 4 rings (SSSR count). The van der Waals surface area contributed by atoms with Gasteiger partial charge < -0.3 is 5.32 Å². The molecule has 25 heavy (non-hydrogen) atoms. The van der Waals surface area contributed by atoms with Crippen molar-refractivity contribution >= 4 is 23.1 Å². The molecule has 3 aromatic heterocycles. The van der Waals surface area contributed by atoms with E-state index in [1.54, 1.807) is 34.7 Å². The van der Waals surface area contributed by atoms with E-state index in [-0.39, 0.29) is 5.91 Å². The first-order valence-electron chi connectivity index (χ1n) is 7.42. The standard InChI is InChI=1S/C17H12N6OS/c24-16(13-9-25-17(21-13)12-4-2-1-3-5-12)22-14-8-15(20-10-19-14)23-7-6-18-11-23/h1-11H,(H,19,20,22,24). The predicted molar refractivity (Wildman–Crippen MR) is 94.7 cm³/mol. The molecular formula is C17H12N6OS. The second-order valence-corrected chi connectivity index (χ2v) is 5.95. The number of aromatic nitrogens is 5. The number of nitrogens with one attached hydrogen (secondary N) is 1. The van der Waals surface area contributed by atoms with E-state index in [1.807, 2.05) is 30.3 Å². The fourth-order valence-electron chi connectivity index (χ4n) is 2.22. The van der Waals surface area contributed by atoms with Crippen molar-refractivity contribution in [1.29, 1.82) is 0 Å². The molecule has 0 radical (unpaired) electrons. The molecule has 7 nitrogen and oxygen atoms in total. The molecule has 1 aromatic carbocycles. The average Bonchev–Trinajstić information content (AvgIpc) is 3.35. The van der Waals surface area contributed by atoms with Crippen molar-refractivity contribution in [2.75, 3.05) is 5.32 Å². The summed E-state index contributed by atoms with van der Waals surface area (Å²) in [6.45, 7) is 0. The molecule has 0 bridgehead atoms. The molecular weight excluding hydrogens is 336 g/mol. The highest BCUT2D eigenvalue weighted by molar-refractivity contribution is 7.13. The van der Waals surface area contributed by atoms with Crippen LogP contribution in [0.5, 0.6) is 0 Å².